The van der Waals surface area contributed by atoms with Gasteiger partial charge in [0.05, 0.1) is 11.4 Å². The van der Waals surface area contributed by atoms with Gasteiger partial charge in [0.1, 0.15) is 0 Å². The van der Waals surface area contributed by atoms with E-state index in [1.54, 1.807) is 6.07 Å². The minimum absolute atomic E-state index is 0.0449. The van der Waals surface area contributed by atoms with Crippen molar-refractivity contribution in [2.24, 2.45) is 11.8 Å². The second-order valence-electron chi connectivity index (χ2n) is 4.75. The third-order valence-corrected chi connectivity index (χ3v) is 3.15. The smallest absolute Gasteiger partial charge is 0.224 e. The van der Waals surface area contributed by atoms with E-state index in [9.17, 15) is 4.79 Å². The molecule has 0 aliphatic heterocycles. The molecule has 0 saturated carbocycles. The van der Waals surface area contributed by atoms with Crippen molar-refractivity contribution in [1.29, 1.82) is 0 Å². The molecule has 1 amide bonds. The third kappa shape index (κ3) is 4.10. The number of nitrogens with one attached hydrogen (secondary N) is 1. The Morgan fingerprint density at radius 1 is 1.35 bits per heavy atom. The van der Waals surface area contributed by atoms with Gasteiger partial charge in [-0.2, -0.15) is 0 Å². The van der Waals surface area contributed by atoms with Gasteiger partial charge < -0.3 is 11.1 Å². The van der Waals surface area contributed by atoms with Crippen LogP contribution in [0, 0.1) is 11.8 Å². The molecule has 17 heavy (non-hydrogen) atoms. The molecule has 3 N–H and O–H groups in total. The van der Waals surface area contributed by atoms with E-state index >= 15 is 0 Å². The summed E-state index contributed by atoms with van der Waals surface area (Å²) >= 11 is 0. The minimum Gasteiger partial charge on any atom is -0.397 e. The Kier molecular flexibility index (Phi) is 5.01. The van der Waals surface area contributed by atoms with Gasteiger partial charge in [-0.3, -0.25) is 4.79 Å². The maximum atomic E-state index is 11.9. The number of anilines is 2. The number of para-hydroxylation sites is 2. The predicted molar refractivity (Wildman–Crippen MR) is 72.7 cm³/mol. The highest BCUT2D eigenvalue weighted by molar-refractivity contribution is 5.93. The van der Waals surface area contributed by atoms with Crippen molar-refractivity contribution in [3.63, 3.8) is 0 Å². The number of carbonyl (C=O) groups is 1. The molecule has 0 bridgehead atoms. The molecule has 0 radical (unpaired) electrons. The first kappa shape index (κ1) is 13.6. The lowest BCUT2D eigenvalue weighted by Gasteiger charge is -2.18. The number of hydrogen-bond acceptors (Lipinski definition) is 2. The molecule has 0 fully saturated rings. The van der Waals surface area contributed by atoms with Crippen molar-refractivity contribution in [2.45, 2.75) is 33.6 Å². The summed E-state index contributed by atoms with van der Waals surface area (Å²) in [6, 6.07) is 7.33. The highest BCUT2D eigenvalue weighted by atomic mass is 16.1. The van der Waals surface area contributed by atoms with Crippen molar-refractivity contribution < 1.29 is 4.79 Å². The van der Waals surface area contributed by atoms with Crippen LogP contribution in [0.1, 0.15) is 33.6 Å². The van der Waals surface area contributed by atoms with Crippen LogP contribution < -0.4 is 11.1 Å². The number of benzene rings is 1. The molecule has 3 nitrogen and oxygen atoms in total. The summed E-state index contributed by atoms with van der Waals surface area (Å²) in [5.41, 5.74) is 7.09. The molecule has 1 aromatic carbocycles. The van der Waals surface area contributed by atoms with Gasteiger partial charge in [0.2, 0.25) is 5.91 Å². The molecular weight excluding hydrogens is 212 g/mol. The Hall–Kier alpha value is -1.51. The topological polar surface area (TPSA) is 55.1 Å². The van der Waals surface area contributed by atoms with Gasteiger partial charge in [0.15, 0.2) is 0 Å². The first-order chi connectivity index (χ1) is 8.04. The zero-order chi connectivity index (χ0) is 12.8. The summed E-state index contributed by atoms with van der Waals surface area (Å²) in [7, 11) is 0. The zero-order valence-corrected chi connectivity index (χ0v) is 10.9. The van der Waals surface area contributed by atoms with E-state index < -0.39 is 0 Å². The van der Waals surface area contributed by atoms with Crippen LogP contribution in [0.2, 0.25) is 0 Å². The minimum atomic E-state index is 0.0449. The molecular formula is C14H22N2O. The van der Waals surface area contributed by atoms with E-state index in [1.807, 2.05) is 18.2 Å². The van der Waals surface area contributed by atoms with Gasteiger partial charge in [-0.05, 0) is 24.0 Å². The third-order valence-electron chi connectivity index (χ3n) is 3.15. The number of nitrogens with two attached hydrogens (primary N) is 1. The van der Waals surface area contributed by atoms with E-state index in [4.69, 9.17) is 5.73 Å². The van der Waals surface area contributed by atoms with E-state index in [2.05, 4.69) is 26.1 Å². The SMILES string of the molecule is CCC(CC(=O)Nc1ccccc1N)C(C)C. The lowest BCUT2D eigenvalue weighted by molar-refractivity contribution is -0.117. The molecule has 1 aromatic rings. The van der Waals surface area contributed by atoms with Crippen LogP contribution in [0.4, 0.5) is 11.4 Å². The maximum absolute atomic E-state index is 11.9. The predicted octanol–water partition coefficient (Wildman–Crippen LogP) is 3.28. The summed E-state index contributed by atoms with van der Waals surface area (Å²) in [6.07, 6.45) is 1.58. The highest BCUT2D eigenvalue weighted by Gasteiger charge is 2.16. The first-order valence-corrected chi connectivity index (χ1v) is 6.19. The van der Waals surface area contributed by atoms with Crippen LogP contribution in [-0.2, 0) is 4.79 Å². The van der Waals surface area contributed by atoms with Crippen LogP contribution >= 0.6 is 0 Å². The van der Waals surface area contributed by atoms with Crippen LogP contribution in [0.25, 0.3) is 0 Å². The molecule has 0 aromatic heterocycles. The average Bonchev–Trinajstić information content (AvgIpc) is 2.28. The quantitative estimate of drug-likeness (QED) is 0.768. The summed E-state index contributed by atoms with van der Waals surface area (Å²) in [4.78, 5) is 11.9. The van der Waals surface area contributed by atoms with Gasteiger partial charge in [0.25, 0.3) is 0 Å². The molecule has 0 aliphatic rings. The molecule has 0 spiro atoms. The standard InChI is InChI=1S/C14H22N2O/c1-4-11(10(2)3)9-14(17)16-13-8-6-5-7-12(13)15/h5-8,10-11H,4,9,15H2,1-3H3,(H,16,17). The van der Waals surface area contributed by atoms with E-state index in [-0.39, 0.29) is 5.91 Å². The molecule has 94 valence electrons. The van der Waals surface area contributed by atoms with Crippen molar-refractivity contribution in [3.05, 3.63) is 24.3 Å². The number of amides is 1. The van der Waals surface area contributed by atoms with Crippen LogP contribution in [0.15, 0.2) is 24.3 Å². The average molecular weight is 234 g/mol. The molecule has 0 heterocycles. The fourth-order valence-corrected chi connectivity index (χ4v) is 1.90. The van der Waals surface area contributed by atoms with E-state index in [0.29, 0.717) is 29.6 Å². The fourth-order valence-electron chi connectivity index (χ4n) is 1.90. The number of nitrogen functional groups attached to an aromatic ring is 1. The van der Waals surface area contributed by atoms with Crippen LogP contribution in [0.3, 0.4) is 0 Å². The summed E-state index contributed by atoms with van der Waals surface area (Å²) < 4.78 is 0. The molecule has 1 atom stereocenters. The number of rotatable bonds is 5. The molecule has 3 heteroatoms. The molecule has 1 rings (SSSR count). The Labute approximate surface area is 103 Å². The van der Waals surface area contributed by atoms with Gasteiger partial charge >= 0.3 is 0 Å². The maximum Gasteiger partial charge on any atom is 0.224 e. The van der Waals surface area contributed by atoms with Crippen LogP contribution in [0.5, 0.6) is 0 Å². The lowest BCUT2D eigenvalue weighted by Crippen LogP contribution is -2.19. The lowest BCUT2D eigenvalue weighted by atomic mass is 9.90. The van der Waals surface area contributed by atoms with Gasteiger partial charge in [0, 0.05) is 6.42 Å². The highest BCUT2D eigenvalue weighted by Crippen LogP contribution is 2.21. The largest absolute Gasteiger partial charge is 0.397 e. The zero-order valence-electron chi connectivity index (χ0n) is 10.9. The number of carbonyl (C=O) groups excluding carboxylic acids is 1. The second-order valence-corrected chi connectivity index (χ2v) is 4.75. The Balaban J connectivity index is 2.58. The van der Waals surface area contributed by atoms with Crippen LogP contribution in [-0.4, -0.2) is 5.91 Å². The summed E-state index contributed by atoms with van der Waals surface area (Å²) in [6.45, 7) is 6.42. The van der Waals surface area contributed by atoms with Gasteiger partial charge in [-0.25, -0.2) is 0 Å². The van der Waals surface area contributed by atoms with Crippen molar-refractivity contribution >= 4 is 17.3 Å². The Morgan fingerprint density at radius 2 is 2.00 bits per heavy atom. The van der Waals surface area contributed by atoms with E-state index in [0.717, 1.165) is 6.42 Å². The molecule has 0 aliphatic carbocycles. The van der Waals surface area contributed by atoms with Gasteiger partial charge in [-0.1, -0.05) is 39.3 Å². The Bertz CT molecular complexity index is 374. The Morgan fingerprint density at radius 3 is 2.53 bits per heavy atom. The van der Waals surface area contributed by atoms with Gasteiger partial charge in [-0.15, -0.1) is 0 Å². The fraction of sp³-hybridized carbons (Fsp3) is 0.500. The summed E-state index contributed by atoms with van der Waals surface area (Å²) in [5, 5.41) is 2.87. The molecule has 1 unspecified atom stereocenters. The normalized spacial score (nSPS) is 12.5. The number of hydrogen-bond donors (Lipinski definition) is 2. The van der Waals surface area contributed by atoms with Crippen molar-refractivity contribution in [2.75, 3.05) is 11.1 Å². The van der Waals surface area contributed by atoms with Crippen molar-refractivity contribution in [3.8, 4) is 0 Å². The first-order valence-electron chi connectivity index (χ1n) is 6.19. The second kappa shape index (κ2) is 6.28. The monoisotopic (exact) mass is 234 g/mol. The van der Waals surface area contributed by atoms with E-state index in [1.165, 1.54) is 0 Å². The molecule has 0 saturated heterocycles. The summed E-state index contributed by atoms with van der Waals surface area (Å²) in [5.74, 6) is 1.00. The van der Waals surface area contributed by atoms with Crippen molar-refractivity contribution in [1.82, 2.24) is 0 Å².